The lowest BCUT2D eigenvalue weighted by molar-refractivity contribution is 0.393. The highest BCUT2D eigenvalue weighted by Gasteiger charge is 2.20. The molecule has 2 aromatic heterocycles. The molecule has 4 rings (SSSR count). The van der Waals surface area contributed by atoms with E-state index in [2.05, 4.69) is 0 Å². The fourth-order valence-electron chi connectivity index (χ4n) is 3.57. The molecule has 4 aromatic rings. The summed E-state index contributed by atoms with van der Waals surface area (Å²) in [5.41, 5.74) is -2.47. The van der Waals surface area contributed by atoms with Gasteiger partial charge in [-0.05, 0) is 49.9 Å². The number of unbranched alkanes of at least 4 members (excludes halogenated alkanes) is 1. The molecule has 0 spiro atoms. The van der Waals surface area contributed by atoms with Crippen LogP contribution in [0.1, 0.15) is 24.0 Å². The molecular weight excluding hydrogens is 424 g/mol. The second-order valence-corrected chi connectivity index (χ2v) is 7.26. The molecule has 0 radical (unpaired) electrons. The van der Waals surface area contributed by atoms with Gasteiger partial charge in [-0.25, -0.2) is 9.59 Å². The van der Waals surface area contributed by atoms with Crippen LogP contribution in [0.3, 0.4) is 0 Å². The molecule has 0 aliphatic rings. The van der Waals surface area contributed by atoms with Gasteiger partial charge in [0.05, 0.1) is 21.9 Å². The quantitative estimate of drug-likeness (QED) is 0.153. The van der Waals surface area contributed by atoms with E-state index in [1.165, 1.54) is 12.1 Å². The summed E-state index contributed by atoms with van der Waals surface area (Å²) in [5, 5.41) is 59.6. The molecule has 0 aliphatic carbocycles. The van der Waals surface area contributed by atoms with Crippen molar-refractivity contribution < 1.29 is 39.5 Å². The van der Waals surface area contributed by atoms with Gasteiger partial charge in [-0.15, -0.1) is 0 Å². The average molecular weight is 442 g/mol. The van der Waals surface area contributed by atoms with Crippen LogP contribution in [0.2, 0.25) is 0 Å². The van der Waals surface area contributed by atoms with Gasteiger partial charge in [-0.3, -0.25) is 0 Å². The van der Waals surface area contributed by atoms with Crippen LogP contribution >= 0.6 is 0 Å². The smallest absolute Gasteiger partial charge is 0.343 e. The van der Waals surface area contributed by atoms with Crippen LogP contribution in [0.5, 0.6) is 34.5 Å². The van der Waals surface area contributed by atoms with Crippen LogP contribution in [0.15, 0.2) is 42.7 Å². The number of benzene rings is 2. The van der Waals surface area contributed by atoms with Crippen molar-refractivity contribution in [3.05, 3.63) is 56.2 Å². The van der Waals surface area contributed by atoms with E-state index in [0.717, 1.165) is 12.1 Å². The van der Waals surface area contributed by atoms with Gasteiger partial charge in [0.1, 0.15) is 11.5 Å². The van der Waals surface area contributed by atoms with E-state index in [9.17, 15) is 40.2 Å². The molecule has 10 nitrogen and oxygen atoms in total. The van der Waals surface area contributed by atoms with Crippen molar-refractivity contribution in [2.24, 2.45) is 0 Å². The minimum Gasteiger partial charge on any atom is -0.507 e. The Labute approximate surface area is 178 Å². The normalized spacial score (nSPS) is 11.4. The summed E-state index contributed by atoms with van der Waals surface area (Å²) in [6, 6.07) is 4.91. The molecular formula is C22H18O10. The van der Waals surface area contributed by atoms with Gasteiger partial charge in [-0.1, -0.05) is 0 Å². The third-order valence-electron chi connectivity index (χ3n) is 5.29. The summed E-state index contributed by atoms with van der Waals surface area (Å²) in [6.45, 7) is 0. The summed E-state index contributed by atoms with van der Waals surface area (Å²) in [4.78, 5) is 24.5. The van der Waals surface area contributed by atoms with Gasteiger partial charge in [-0.2, -0.15) is 0 Å². The minimum absolute atomic E-state index is 0.0299. The third-order valence-corrected chi connectivity index (χ3v) is 5.29. The number of aromatic hydroxyl groups is 6. The van der Waals surface area contributed by atoms with Gasteiger partial charge in [0.25, 0.3) is 0 Å². The zero-order valence-corrected chi connectivity index (χ0v) is 16.5. The second-order valence-electron chi connectivity index (χ2n) is 7.26. The fraction of sp³-hybridized carbons (Fsp3) is 0.182. The van der Waals surface area contributed by atoms with Crippen LogP contribution in [0, 0.1) is 0 Å². The van der Waals surface area contributed by atoms with Crippen LogP contribution in [-0.2, 0) is 12.8 Å². The molecule has 0 bridgehead atoms. The van der Waals surface area contributed by atoms with E-state index in [0.29, 0.717) is 12.8 Å². The van der Waals surface area contributed by atoms with Crippen LogP contribution < -0.4 is 11.3 Å². The number of phenolic OH excluding ortho intramolecular Hbond substituents is 4. The van der Waals surface area contributed by atoms with Gasteiger partial charge < -0.3 is 39.5 Å². The van der Waals surface area contributed by atoms with Gasteiger partial charge in [0.15, 0.2) is 22.7 Å². The molecule has 0 aliphatic heterocycles. The summed E-state index contributed by atoms with van der Waals surface area (Å²) >= 11 is 0. The maximum atomic E-state index is 12.2. The Balaban J connectivity index is 1.55. The van der Waals surface area contributed by atoms with Gasteiger partial charge in [0, 0.05) is 0 Å². The predicted octanol–water partition coefficient (Wildman–Crippen LogP) is 2.70. The van der Waals surface area contributed by atoms with Gasteiger partial charge in [0.2, 0.25) is 11.5 Å². The van der Waals surface area contributed by atoms with Crippen molar-refractivity contribution >= 4 is 21.9 Å². The first-order valence-electron chi connectivity index (χ1n) is 9.59. The van der Waals surface area contributed by atoms with Crippen molar-refractivity contribution in [2.75, 3.05) is 0 Å². The van der Waals surface area contributed by atoms with Crippen molar-refractivity contribution in [1.29, 1.82) is 0 Å². The SMILES string of the molecule is O=c1oc2c(O)c(O)ccc2c(O)c1CCCCc1c(O)c2ccc(O)c(O)c2oc1=O. The van der Waals surface area contributed by atoms with E-state index in [1.807, 2.05) is 0 Å². The number of fused-ring (bicyclic) bond motifs is 2. The lowest BCUT2D eigenvalue weighted by atomic mass is 10.0. The summed E-state index contributed by atoms with van der Waals surface area (Å²) < 4.78 is 10.1. The number of phenols is 4. The molecule has 0 unspecified atom stereocenters. The van der Waals surface area contributed by atoms with Crippen molar-refractivity contribution in [3.63, 3.8) is 0 Å². The highest BCUT2D eigenvalue weighted by molar-refractivity contribution is 5.91. The van der Waals surface area contributed by atoms with Crippen LogP contribution in [0.25, 0.3) is 21.9 Å². The second kappa shape index (κ2) is 7.73. The van der Waals surface area contributed by atoms with E-state index in [-0.39, 0.29) is 57.4 Å². The molecule has 0 amide bonds. The Morgan fingerprint density at radius 3 is 1.31 bits per heavy atom. The van der Waals surface area contributed by atoms with E-state index in [4.69, 9.17) is 8.83 Å². The molecule has 166 valence electrons. The highest BCUT2D eigenvalue weighted by Crippen LogP contribution is 2.39. The fourth-order valence-corrected chi connectivity index (χ4v) is 3.57. The zero-order chi connectivity index (χ0) is 23.2. The Morgan fingerprint density at radius 1 is 0.562 bits per heavy atom. The predicted molar refractivity (Wildman–Crippen MR) is 112 cm³/mol. The monoisotopic (exact) mass is 442 g/mol. The zero-order valence-electron chi connectivity index (χ0n) is 16.5. The number of hydrogen-bond donors (Lipinski definition) is 6. The average Bonchev–Trinajstić information content (AvgIpc) is 2.75. The standard InChI is InChI=1S/C22H18O10/c23-13-7-5-9-15(25)11(21(29)31-19(9)17(13)27)3-1-2-4-12-16(26)10-6-8-14(24)18(28)20(10)32-22(12)30/h5-8,23-28H,1-4H2. The number of hydrogen-bond acceptors (Lipinski definition) is 10. The first kappa shape index (κ1) is 20.9. The largest absolute Gasteiger partial charge is 0.507 e. The summed E-state index contributed by atoms with van der Waals surface area (Å²) in [7, 11) is 0. The van der Waals surface area contributed by atoms with E-state index in [1.54, 1.807) is 0 Å². The molecule has 0 saturated carbocycles. The maximum Gasteiger partial charge on any atom is 0.343 e. The molecule has 0 saturated heterocycles. The third kappa shape index (κ3) is 3.31. The topological polar surface area (TPSA) is 182 Å². The van der Waals surface area contributed by atoms with Crippen molar-refractivity contribution in [3.8, 4) is 34.5 Å². The first-order chi connectivity index (χ1) is 15.2. The lowest BCUT2D eigenvalue weighted by Gasteiger charge is -2.09. The molecule has 2 heterocycles. The highest BCUT2D eigenvalue weighted by atomic mass is 16.4. The van der Waals surface area contributed by atoms with E-state index >= 15 is 0 Å². The van der Waals surface area contributed by atoms with Crippen LogP contribution in [-0.4, -0.2) is 30.6 Å². The molecule has 6 N–H and O–H groups in total. The molecule has 2 aromatic carbocycles. The Bertz CT molecular complexity index is 1370. The first-order valence-corrected chi connectivity index (χ1v) is 9.59. The maximum absolute atomic E-state index is 12.2. The Hall–Kier alpha value is -4.34. The molecule has 0 fully saturated rings. The molecule has 0 atom stereocenters. The summed E-state index contributed by atoms with van der Waals surface area (Å²) in [6.07, 6.45) is 0.817. The lowest BCUT2D eigenvalue weighted by Crippen LogP contribution is -2.10. The molecule has 32 heavy (non-hydrogen) atoms. The molecule has 10 heteroatoms. The minimum atomic E-state index is -0.876. The van der Waals surface area contributed by atoms with Gasteiger partial charge >= 0.3 is 11.3 Å². The number of rotatable bonds is 5. The van der Waals surface area contributed by atoms with Crippen LogP contribution in [0.4, 0.5) is 0 Å². The van der Waals surface area contributed by atoms with Crippen molar-refractivity contribution in [2.45, 2.75) is 25.7 Å². The van der Waals surface area contributed by atoms with E-state index < -0.39 is 34.2 Å². The Morgan fingerprint density at radius 2 is 0.938 bits per heavy atom. The summed E-state index contributed by atoms with van der Waals surface area (Å²) in [5.74, 6) is -3.06. The van der Waals surface area contributed by atoms with Crippen molar-refractivity contribution in [1.82, 2.24) is 0 Å². The Kier molecular flexibility index (Phi) is 5.05.